The highest BCUT2D eigenvalue weighted by Gasteiger charge is 2.29. The summed E-state index contributed by atoms with van der Waals surface area (Å²) < 4.78 is 57.6. The Kier molecular flexibility index (Phi) is 5.17. The van der Waals surface area contributed by atoms with Crippen LogP contribution in [-0.4, -0.2) is 23.0 Å². The maximum absolute atomic E-state index is 13.9. The van der Waals surface area contributed by atoms with Crippen LogP contribution in [0, 0.1) is 18.6 Å². The number of anilines is 1. The molecular weight excluding hydrogens is 434 g/mol. The van der Waals surface area contributed by atoms with E-state index in [-0.39, 0.29) is 22.8 Å². The predicted octanol–water partition coefficient (Wildman–Crippen LogP) is 4.36. The van der Waals surface area contributed by atoms with E-state index in [4.69, 9.17) is 11.6 Å². The van der Waals surface area contributed by atoms with Crippen LogP contribution in [-0.2, 0) is 16.6 Å². The third-order valence-corrected chi connectivity index (χ3v) is 6.56. The zero-order chi connectivity index (χ0) is 21.5. The van der Waals surface area contributed by atoms with Gasteiger partial charge >= 0.3 is 0 Å². The highest BCUT2D eigenvalue weighted by atomic mass is 35.5. The van der Waals surface area contributed by atoms with Crippen LogP contribution in [0.25, 0.3) is 5.65 Å². The summed E-state index contributed by atoms with van der Waals surface area (Å²) in [6, 6.07) is 12.0. The smallest absolute Gasteiger partial charge is 0.268 e. The molecule has 0 amide bonds. The van der Waals surface area contributed by atoms with Crippen molar-refractivity contribution in [1.82, 2.24) is 14.6 Å². The number of hydrogen-bond acceptors (Lipinski definition) is 4. The van der Waals surface area contributed by atoms with Gasteiger partial charge in [-0.3, -0.25) is 8.71 Å². The maximum Gasteiger partial charge on any atom is 0.268 e. The SMILES string of the molecule is Cc1nnc2c(S(=O)(=O)N(Cc3ccc(Cl)cc3)c3cc(F)cc(F)c3)cccn12. The van der Waals surface area contributed by atoms with Crippen LogP contribution in [0.3, 0.4) is 0 Å². The molecule has 4 aromatic rings. The summed E-state index contributed by atoms with van der Waals surface area (Å²) in [6.45, 7) is 1.51. The number of halogens is 3. The summed E-state index contributed by atoms with van der Waals surface area (Å²) in [4.78, 5) is -0.135. The van der Waals surface area contributed by atoms with Gasteiger partial charge in [-0.1, -0.05) is 23.7 Å². The zero-order valence-electron chi connectivity index (χ0n) is 15.6. The van der Waals surface area contributed by atoms with Gasteiger partial charge < -0.3 is 0 Å². The van der Waals surface area contributed by atoms with Crippen molar-refractivity contribution in [3.05, 3.63) is 88.8 Å². The third kappa shape index (κ3) is 3.73. The lowest BCUT2D eigenvalue weighted by atomic mass is 10.2. The topological polar surface area (TPSA) is 67.6 Å². The van der Waals surface area contributed by atoms with E-state index in [0.717, 1.165) is 16.4 Å². The van der Waals surface area contributed by atoms with Crippen molar-refractivity contribution >= 4 is 33.0 Å². The van der Waals surface area contributed by atoms with Crippen molar-refractivity contribution in [2.24, 2.45) is 0 Å². The Morgan fingerprint density at radius 1 is 1.03 bits per heavy atom. The average Bonchev–Trinajstić information content (AvgIpc) is 3.07. The van der Waals surface area contributed by atoms with Gasteiger partial charge in [0.2, 0.25) is 0 Å². The number of sulfonamides is 1. The number of pyridine rings is 1. The van der Waals surface area contributed by atoms with Gasteiger partial charge in [-0.05, 0) is 48.9 Å². The molecule has 4 rings (SSSR count). The first-order valence-electron chi connectivity index (χ1n) is 8.79. The van der Waals surface area contributed by atoms with Crippen molar-refractivity contribution in [2.45, 2.75) is 18.4 Å². The fourth-order valence-corrected chi connectivity index (χ4v) is 4.77. The molecule has 154 valence electrons. The van der Waals surface area contributed by atoms with Crippen molar-refractivity contribution in [3.63, 3.8) is 0 Å². The fraction of sp³-hybridized carbons (Fsp3) is 0.100. The van der Waals surface area contributed by atoms with E-state index in [1.807, 2.05) is 0 Å². The highest BCUT2D eigenvalue weighted by Crippen LogP contribution is 2.29. The number of aryl methyl sites for hydroxylation is 1. The highest BCUT2D eigenvalue weighted by molar-refractivity contribution is 7.93. The first-order valence-corrected chi connectivity index (χ1v) is 10.6. The summed E-state index contributed by atoms with van der Waals surface area (Å²) >= 11 is 5.91. The van der Waals surface area contributed by atoms with Crippen molar-refractivity contribution in [1.29, 1.82) is 0 Å². The molecule has 2 aromatic carbocycles. The van der Waals surface area contributed by atoms with Gasteiger partial charge in [0, 0.05) is 17.3 Å². The molecule has 2 heterocycles. The van der Waals surface area contributed by atoms with E-state index in [2.05, 4.69) is 10.2 Å². The summed E-state index contributed by atoms with van der Waals surface area (Å²) in [6.07, 6.45) is 1.63. The second-order valence-electron chi connectivity index (χ2n) is 6.58. The number of rotatable bonds is 5. The molecule has 10 heteroatoms. The maximum atomic E-state index is 13.9. The lowest BCUT2D eigenvalue weighted by Crippen LogP contribution is -2.31. The lowest BCUT2D eigenvalue weighted by Gasteiger charge is -2.25. The molecule has 0 radical (unpaired) electrons. The van der Waals surface area contributed by atoms with E-state index in [1.165, 1.54) is 10.5 Å². The quantitative estimate of drug-likeness (QED) is 0.455. The summed E-state index contributed by atoms with van der Waals surface area (Å²) in [5.74, 6) is -1.28. The molecule has 0 fully saturated rings. The summed E-state index contributed by atoms with van der Waals surface area (Å²) in [5, 5.41) is 8.36. The van der Waals surface area contributed by atoms with Gasteiger partial charge in [0.15, 0.2) is 5.65 Å². The molecule has 0 aliphatic rings. The number of benzene rings is 2. The molecule has 0 saturated carbocycles. The Labute approximate surface area is 176 Å². The number of fused-ring (bicyclic) bond motifs is 1. The van der Waals surface area contributed by atoms with Crippen molar-refractivity contribution < 1.29 is 17.2 Å². The second kappa shape index (κ2) is 7.66. The molecule has 0 bridgehead atoms. The van der Waals surface area contributed by atoms with E-state index >= 15 is 0 Å². The Morgan fingerprint density at radius 3 is 2.37 bits per heavy atom. The minimum Gasteiger partial charge on any atom is -0.286 e. The summed E-state index contributed by atoms with van der Waals surface area (Å²) in [5.41, 5.74) is 0.547. The number of aromatic nitrogens is 3. The van der Waals surface area contributed by atoms with Gasteiger partial charge in [0.05, 0.1) is 12.2 Å². The first-order chi connectivity index (χ1) is 14.3. The Balaban J connectivity index is 1.90. The van der Waals surface area contributed by atoms with E-state index in [9.17, 15) is 17.2 Å². The third-order valence-electron chi connectivity index (χ3n) is 4.51. The van der Waals surface area contributed by atoms with Crippen molar-refractivity contribution in [2.75, 3.05) is 4.31 Å². The molecule has 0 atom stereocenters. The van der Waals surface area contributed by atoms with Crippen LogP contribution in [0.1, 0.15) is 11.4 Å². The fourth-order valence-electron chi connectivity index (χ4n) is 3.08. The predicted molar refractivity (Wildman–Crippen MR) is 109 cm³/mol. The molecule has 2 aromatic heterocycles. The van der Waals surface area contributed by atoms with E-state index in [1.54, 1.807) is 43.5 Å². The monoisotopic (exact) mass is 448 g/mol. The molecule has 0 unspecified atom stereocenters. The van der Waals surface area contributed by atoms with Crippen LogP contribution in [0.2, 0.25) is 5.02 Å². The molecule has 0 N–H and O–H groups in total. The Bertz CT molecular complexity index is 1320. The number of hydrogen-bond donors (Lipinski definition) is 0. The molecule has 0 aliphatic carbocycles. The normalized spacial score (nSPS) is 11.7. The molecule has 0 aliphatic heterocycles. The Morgan fingerprint density at radius 2 is 1.70 bits per heavy atom. The van der Waals surface area contributed by atoms with Gasteiger partial charge in [-0.25, -0.2) is 17.2 Å². The minimum absolute atomic E-state index is 0.119. The molecular formula is C20H15ClF2N4O2S. The van der Waals surface area contributed by atoms with Gasteiger partial charge in [0.1, 0.15) is 22.4 Å². The lowest BCUT2D eigenvalue weighted by molar-refractivity contribution is 0.580. The standard InChI is InChI=1S/C20H15ClF2N4O2S/c1-13-24-25-20-19(3-2-8-26(13)20)30(28,29)27(12-14-4-6-15(21)7-5-14)18-10-16(22)9-17(23)11-18/h2-11H,12H2,1H3. The van der Waals surface area contributed by atoms with E-state index in [0.29, 0.717) is 22.5 Å². The summed E-state index contributed by atoms with van der Waals surface area (Å²) in [7, 11) is -4.27. The van der Waals surface area contributed by atoms with Gasteiger partial charge in [0.25, 0.3) is 10.0 Å². The minimum atomic E-state index is -4.27. The van der Waals surface area contributed by atoms with E-state index < -0.39 is 21.7 Å². The van der Waals surface area contributed by atoms with Gasteiger partial charge in [-0.15, -0.1) is 10.2 Å². The van der Waals surface area contributed by atoms with Crippen LogP contribution >= 0.6 is 11.6 Å². The van der Waals surface area contributed by atoms with Gasteiger partial charge in [-0.2, -0.15) is 0 Å². The Hall–Kier alpha value is -3.04. The van der Waals surface area contributed by atoms with Crippen LogP contribution in [0.15, 0.2) is 65.7 Å². The van der Waals surface area contributed by atoms with Crippen LogP contribution in [0.4, 0.5) is 14.5 Å². The van der Waals surface area contributed by atoms with Crippen LogP contribution < -0.4 is 4.31 Å². The number of nitrogens with zero attached hydrogens (tertiary/aromatic N) is 4. The zero-order valence-corrected chi connectivity index (χ0v) is 17.2. The molecule has 6 nitrogen and oxygen atoms in total. The molecule has 0 spiro atoms. The molecule has 30 heavy (non-hydrogen) atoms. The molecule has 0 saturated heterocycles. The largest absolute Gasteiger partial charge is 0.286 e. The van der Waals surface area contributed by atoms with Crippen molar-refractivity contribution in [3.8, 4) is 0 Å². The van der Waals surface area contributed by atoms with Crippen LogP contribution in [0.5, 0.6) is 0 Å². The first kappa shape index (κ1) is 20.2. The average molecular weight is 449 g/mol. The second-order valence-corrected chi connectivity index (χ2v) is 8.85.